The molecule has 0 amide bonds. The van der Waals surface area contributed by atoms with Crippen molar-refractivity contribution < 1.29 is 9.30 Å². The molecule has 0 saturated heterocycles. The molecule has 8 heteroatoms. The summed E-state index contributed by atoms with van der Waals surface area (Å²) in [6.07, 6.45) is 7.58. The first-order valence-corrected chi connectivity index (χ1v) is 37.3. The number of pyridine rings is 2. The molecule has 12 aromatic carbocycles. The number of para-hydroxylation sites is 7. The van der Waals surface area contributed by atoms with Gasteiger partial charge in [-0.05, 0) is 179 Å². The fourth-order valence-electron chi connectivity index (χ4n) is 15.9. The summed E-state index contributed by atoms with van der Waals surface area (Å²) in [5, 5.41) is 6.95. The van der Waals surface area contributed by atoms with Gasteiger partial charge in [0.05, 0.1) is 67.4 Å². The summed E-state index contributed by atoms with van der Waals surface area (Å²) < 4.78 is 18.4. The van der Waals surface area contributed by atoms with E-state index in [2.05, 4.69) is 381 Å². The molecule has 0 unspecified atom stereocenters. The van der Waals surface area contributed by atoms with E-state index in [4.69, 9.17) is 14.7 Å². The van der Waals surface area contributed by atoms with Gasteiger partial charge in [-0.1, -0.05) is 265 Å². The first kappa shape index (κ1) is 66.6. The Kier molecular flexibility index (Phi) is 15.7. The van der Waals surface area contributed by atoms with E-state index in [9.17, 15) is 0 Å². The SMILES string of the molecule is CC(C)(C)c1cc(-c2cc(-c3cc(C(C)(C)C)cc(C(C)(C)C)c3)cc(-c3ccc4c(c3)c3ccc(Oc5ccnc(-n6[c-][n+](-c7ccccc7-c7ccccc7)c7ccccc76)c5)cc3n4-c3ccc(-n4c5ccccc5c5cccc(-n6c7ccccc7c7ccccc76)c54)cn3)c2)cc(C(C)(C)C)c1. The Morgan fingerprint density at radius 1 is 0.318 bits per heavy atom. The fraction of sp³-hybridized carbons (Fsp3) is 0.162. The van der Waals surface area contributed by atoms with E-state index >= 15 is 0 Å². The van der Waals surface area contributed by atoms with Crippen LogP contribution in [-0.4, -0.2) is 28.2 Å². The third kappa shape index (κ3) is 11.7. The maximum atomic E-state index is 7.07. The zero-order valence-corrected chi connectivity index (χ0v) is 62.8. The largest absolute Gasteiger partial charge is 0.458 e. The maximum absolute atomic E-state index is 7.07. The van der Waals surface area contributed by atoms with Crippen molar-refractivity contribution in [1.82, 2.24) is 28.2 Å². The Bertz CT molecular complexity index is 6360. The smallest absolute Gasteiger partial charge is 0.271 e. The monoisotopic (exact) mass is 1390 g/mol. The van der Waals surface area contributed by atoms with Crippen molar-refractivity contribution in [1.29, 1.82) is 0 Å². The van der Waals surface area contributed by atoms with Gasteiger partial charge >= 0.3 is 0 Å². The van der Waals surface area contributed by atoms with Crippen LogP contribution in [0, 0.1) is 6.33 Å². The van der Waals surface area contributed by atoms with E-state index in [0.29, 0.717) is 17.3 Å². The molecule has 6 heterocycles. The van der Waals surface area contributed by atoms with Gasteiger partial charge in [0.25, 0.3) is 6.33 Å². The summed E-state index contributed by atoms with van der Waals surface area (Å²) in [6, 6.07) is 104. The lowest BCUT2D eigenvalue weighted by Crippen LogP contribution is -2.30. The third-order valence-electron chi connectivity index (χ3n) is 21.7. The first-order chi connectivity index (χ1) is 51.6. The van der Waals surface area contributed by atoms with Gasteiger partial charge in [0, 0.05) is 50.6 Å². The average Bonchev–Trinajstić information content (AvgIpc) is 1.58. The molecule has 0 radical (unpaired) electrons. The molecule has 18 aromatic rings. The van der Waals surface area contributed by atoms with Crippen LogP contribution in [0.2, 0.25) is 0 Å². The predicted molar refractivity (Wildman–Crippen MR) is 445 cm³/mol. The van der Waals surface area contributed by atoms with Gasteiger partial charge < -0.3 is 13.9 Å². The highest BCUT2D eigenvalue weighted by molar-refractivity contribution is 6.15. The van der Waals surface area contributed by atoms with Gasteiger partial charge in [-0.15, -0.1) is 0 Å². The molecular weight excluding hydrogens is 1300 g/mol. The second kappa shape index (κ2) is 25.2. The van der Waals surface area contributed by atoms with E-state index in [0.717, 1.165) is 100 Å². The summed E-state index contributed by atoms with van der Waals surface area (Å²) in [6.45, 7) is 27.9. The van der Waals surface area contributed by atoms with Crippen LogP contribution in [0.25, 0.3) is 150 Å². The normalized spacial score (nSPS) is 12.5. The van der Waals surface area contributed by atoms with Gasteiger partial charge in [-0.3, -0.25) is 18.7 Å². The molecule has 522 valence electrons. The molecule has 0 fully saturated rings. The number of imidazole rings is 1. The number of hydrogen-bond acceptors (Lipinski definition) is 3. The van der Waals surface area contributed by atoms with Crippen LogP contribution in [-0.2, 0) is 21.7 Å². The Labute approximate surface area is 625 Å². The Morgan fingerprint density at radius 2 is 0.822 bits per heavy atom. The summed E-state index contributed by atoms with van der Waals surface area (Å²) in [7, 11) is 0. The van der Waals surface area contributed by atoms with Gasteiger partial charge in [0.15, 0.2) is 5.82 Å². The van der Waals surface area contributed by atoms with Crippen LogP contribution in [0.15, 0.2) is 298 Å². The molecule has 0 aliphatic rings. The minimum absolute atomic E-state index is 0.0693. The van der Waals surface area contributed by atoms with Crippen LogP contribution in [0.1, 0.15) is 105 Å². The number of ether oxygens (including phenoxy) is 1. The highest BCUT2D eigenvalue weighted by Crippen LogP contribution is 2.45. The van der Waals surface area contributed by atoms with E-state index < -0.39 is 0 Å². The summed E-state index contributed by atoms with van der Waals surface area (Å²) in [5.41, 5.74) is 25.8. The number of hydrogen-bond donors (Lipinski definition) is 0. The minimum Gasteiger partial charge on any atom is -0.458 e. The zero-order chi connectivity index (χ0) is 73.4. The second-order valence-corrected chi connectivity index (χ2v) is 33.0. The number of nitrogens with zero attached hydrogens (tertiary/aromatic N) is 7. The molecule has 8 nitrogen and oxygen atoms in total. The number of benzene rings is 12. The zero-order valence-electron chi connectivity index (χ0n) is 62.8. The molecule has 0 N–H and O–H groups in total. The molecule has 0 aliphatic carbocycles. The van der Waals surface area contributed by atoms with Gasteiger partial charge in [-0.2, -0.15) is 0 Å². The third-order valence-corrected chi connectivity index (χ3v) is 21.7. The minimum atomic E-state index is -0.0693. The van der Waals surface area contributed by atoms with Gasteiger partial charge in [0.2, 0.25) is 0 Å². The van der Waals surface area contributed by atoms with Gasteiger partial charge in [0.1, 0.15) is 17.3 Å². The van der Waals surface area contributed by atoms with Crippen LogP contribution >= 0.6 is 0 Å². The van der Waals surface area contributed by atoms with E-state index in [1.807, 2.05) is 29.1 Å². The molecule has 107 heavy (non-hydrogen) atoms. The van der Waals surface area contributed by atoms with Gasteiger partial charge in [-0.25, -0.2) is 4.98 Å². The molecule has 18 rings (SSSR count). The number of aromatic nitrogens is 7. The van der Waals surface area contributed by atoms with Crippen LogP contribution in [0.4, 0.5) is 0 Å². The molecule has 6 aromatic heterocycles. The summed E-state index contributed by atoms with van der Waals surface area (Å²) in [5.74, 6) is 2.75. The number of rotatable bonds is 11. The summed E-state index contributed by atoms with van der Waals surface area (Å²) in [4.78, 5) is 10.5. The predicted octanol–water partition coefficient (Wildman–Crippen LogP) is 25.4. The van der Waals surface area contributed by atoms with E-state index in [-0.39, 0.29) is 21.7 Å². The molecular formula is C99H85N7O. The van der Waals surface area contributed by atoms with Crippen LogP contribution in [0.5, 0.6) is 11.5 Å². The average molecular weight is 1390 g/mol. The molecule has 0 aliphatic heterocycles. The first-order valence-electron chi connectivity index (χ1n) is 37.3. The lowest BCUT2D eigenvalue weighted by Gasteiger charge is -2.27. The quantitative estimate of drug-likeness (QED) is 0.0958. The maximum Gasteiger partial charge on any atom is 0.271 e. The fourth-order valence-corrected chi connectivity index (χ4v) is 15.9. The molecule has 0 atom stereocenters. The lowest BCUT2D eigenvalue weighted by molar-refractivity contribution is -0.571. The highest BCUT2D eigenvalue weighted by Gasteiger charge is 2.27. The summed E-state index contributed by atoms with van der Waals surface area (Å²) >= 11 is 0. The topological polar surface area (TPSA) is 58.6 Å². The van der Waals surface area contributed by atoms with Crippen molar-refractivity contribution in [3.8, 4) is 84.7 Å². The van der Waals surface area contributed by atoms with Crippen molar-refractivity contribution in [2.45, 2.75) is 105 Å². The van der Waals surface area contributed by atoms with E-state index in [1.165, 1.54) is 66.1 Å². The Morgan fingerprint density at radius 3 is 1.43 bits per heavy atom. The van der Waals surface area contributed by atoms with Crippen LogP contribution in [0.3, 0.4) is 0 Å². The molecule has 0 saturated carbocycles. The lowest BCUT2D eigenvalue weighted by atomic mass is 9.78. The second-order valence-electron chi connectivity index (χ2n) is 33.0. The molecule has 0 spiro atoms. The Hall–Kier alpha value is -12.4. The van der Waals surface area contributed by atoms with Crippen LogP contribution < -0.4 is 9.30 Å². The number of fused-ring (bicyclic) bond motifs is 10. The molecule has 0 bridgehead atoms. The van der Waals surface area contributed by atoms with Crippen molar-refractivity contribution in [2.75, 3.05) is 0 Å². The highest BCUT2D eigenvalue weighted by atomic mass is 16.5. The van der Waals surface area contributed by atoms with E-state index in [1.54, 1.807) is 0 Å². The van der Waals surface area contributed by atoms with Crippen molar-refractivity contribution in [2.24, 2.45) is 0 Å². The Balaban J connectivity index is 0.813. The van der Waals surface area contributed by atoms with Crippen molar-refractivity contribution in [3.05, 3.63) is 326 Å². The van der Waals surface area contributed by atoms with Crippen molar-refractivity contribution in [3.63, 3.8) is 0 Å². The standard InChI is InChI=1S/C99H85N7O/c1-96(2,3)70-52-68(53-71(57-70)97(4,5)6)66-49-65(50-67(51-66)69-54-72(98(7,8)9)58-73(55-69)99(10,11)12)64-41-45-88-83(56-64)81-44-43-75(107-76-47-48-100-94(60-76)103-62-102(89-38-24-25-39-90(89)103)84-34-20-16-29-77(84)63-27-14-13-15-28-63)59-92(81)106(88)93-46-42-74(61-101-93)104-85-35-21-19-32-80(85)82-33-26-40-91(95(82)104)105-86-36-22-17-30-78(86)79-31-18-23-37-87(79)105/h13-61H,1-12H3. The van der Waals surface area contributed by atoms with Crippen molar-refractivity contribution >= 4 is 76.5 Å².